The fraction of sp³-hybridized carbons (Fsp3) is 0.367. The number of nitrogens with zero attached hydrogens (tertiary/aromatic N) is 1. The number of hydrogen-bond donors (Lipinski definition) is 2. The van der Waals surface area contributed by atoms with E-state index in [1.165, 1.54) is 44.2 Å². The molecule has 5 nitrogen and oxygen atoms in total. The second-order valence-electron chi connectivity index (χ2n) is 9.82. The van der Waals surface area contributed by atoms with Gasteiger partial charge in [0.05, 0.1) is 17.7 Å². The maximum atomic E-state index is 12.9. The van der Waals surface area contributed by atoms with Crippen LogP contribution in [0.25, 0.3) is 11.3 Å². The highest BCUT2D eigenvalue weighted by atomic mass is 32.2. The molecule has 1 atom stereocenters. The van der Waals surface area contributed by atoms with Gasteiger partial charge in [-0.25, -0.2) is 0 Å². The zero-order chi connectivity index (χ0) is 27.8. The molecule has 2 N–H and O–H groups in total. The standard InChI is InChI=1S/C30H31F3N2O3S/c31-30(32,33)24-11-6-21(7-12-24)26-15-10-23(19-35-26)27(18-20-4-2-1-3-5-20)39-25-13-8-22(9-14-25)29(38)34-17-16-28(36)37/h6-15,19-20,27H,1-5,16-18H2,(H,34,38)(H,36,37). The molecule has 0 radical (unpaired) electrons. The number of carbonyl (C=O) groups is 2. The molecule has 1 heterocycles. The molecular formula is C30H31F3N2O3S. The van der Waals surface area contributed by atoms with E-state index in [1.54, 1.807) is 23.9 Å². The van der Waals surface area contributed by atoms with Gasteiger partial charge in [-0.3, -0.25) is 14.6 Å². The van der Waals surface area contributed by atoms with Crippen molar-refractivity contribution in [2.45, 2.75) is 61.3 Å². The number of hydrogen-bond acceptors (Lipinski definition) is 4. The maximum absolute atomic E-state index is 12.9. The Morgan fingerprint density at radius 1 is 0.974 bits per heavy atom. The molecule has 1 unspecified atom stereocenters. The highest BCUT2D eigenvalue weighted by Gasteiger charge is 2.30. The number of carbonyl (C=O) groups excluding carboxylic acids is 1. The minimum absolute atomic E-state index is 0.0730. The third-order valence-corrected chi connectivity index (χ3v) is 8.25. The van der Waals surface area contributed by atoms with Crippen LogP contribution in [0.15, 0.2) is 71.8 Å². The molecule has 2 aromatic carbocycles. The van der Waals surface area contributed by atoms with Gasteiger partial charge < -0.3 is 10.4 Å². The molecular weight excluding hydrogens is 525 g/mol. The van der Waals surface area contributed by atoms with Crippen LogP contribution < -0.4 is 5.32 Å². The molecule has 3 aromatic rings. The van der Waals surface area contributed by atoms with Crippen molar-refractivity contribution < 1.29 is 27.9 Å². The third kappa shape index (κ3) is 8.33. The first-order valence-electron chi connectivity index (χ1n) is 13.1. The Balaban J connectivity index is 1.48. The van der Waals surface area contributed by atoms with Gasteiger partial charge in [-0.2, -0.15) is 13.2 Å². The lowest BCUT2D eigenvalue weighted by Crippen LogP contribution is -2.25. The molecule has 0 bridgehead atoms. The first kappa shape index (κ1) is 28.7. The van der Waals surface area contributed by atoms with Crippen molar-refractivity contribution in [3.8, 4) is 11.3 Å². The Kier molecular flexibility index (Phi) is 9.67. The number of carboxylic acid groups (broad SMARTS) is 1. The Morgan fingerprint density at radius 2 is 1.67 bits per heavy atom. The van der Waals surface area contributed by atoms with E-state index in [0.29, 0.717) is 22.7 Å². The van der Waals surface area contributed by atoms with Gasteiger partial charge in [-0.15, -0.1) is 11.8 Å². The van der Waals surface area contributed by atoms with E-state index < -0.39 is 17.7 Å². The largest absolute Gasteiger partial charge is 0.481 e. The molecule has 1 aromatic heterocycles. The topological polar surface area (TPSA) is 79.3 Å². The molecule has 0 saturated heterocycles. The van der Waals surface area contributed by atoms with E-state index >= 15 is 0 Å². The minimum atomic E-state index is -4.37. The quantitative estimate of drug-likeness (QED) is 0.249. The second-order valence-corrected chi connectivity index (χ2v) is 11.1. The molecule has 39 heavy (non-hydrogen) atoms. The monoisotopic (exact) mass is 556 g/mol. The van der Waals surface area contributed by atoms with Crippen LogP contribution in [0, 0.1) is 5.92 Å². The van der Waals surface area contributed by atoms with Gasteiger partial charge in [0.15, 0.2) is 0 Å². The average molecular weight is 557 g/mol. The van der Waals surface area contributed by atoms with Crippen molar-refractivity contribution in [3.05, 3.63) is 83.6 Å². The lowest BCUT2D eigenvalue weighted by molar-refractivity contribution is -0.138. The number of rotatable bonds is 10. The van der Waals surface area contributed by atoms with Crippen molar-refractivity contribution in [1.82, 2.24) is 10.3 Å². The molecule has 1 aliphatic carbocycles. The van der Waals surface area contributed by atoms with Crippen molar-refractivity contribution in [3.63, 3.8) is 0 Å². The summed E-state index contributed by atoms with van der Waals surface area (Å²) in [4.78, 5) is 28.5. The van der Waals surface area contributed by atoms with Crippen LogP contribution in [0.1, 0.15) is 71.7 Å². The number of nitrogens with one attached hydrogen (secondary N) is 1. The molecule has 4 rings (SSSR count). The van der Waals surface area contributed by atoms with Crippen LogP contribution in [0.3, 0.4) is 0 Å². The first-order valence-corrected chi connectivity index (χ1v) is 14.0. The third-order valence-electron chi connectivity index (χ3n) is 6.96. The number of carboxylic acids is 1. The van der Waals surface area contributed by atoms with Crippen molar-refractivity contribution in [2.24, 2.45) is 5.92 Å². The number of benzene rings is 2. The van der Waals surface area contributed by atoms with E-state index in [9.17, 15) is 22.8 Å². The van der Waals surface area contributed by atoms with Gasteiger partial charge >= 0.3 is 12.1 Å². The van der Waals surface area contributed by atoms with E-state index in [0.717, 1.165) is 29.0 Å². The first-order chi connectivity index (χ1) is 18.7. The Labute approximate surface area is 230 Å². The summed E-state index contributed by atoms with van der Waals surface area (Å²) in [5, 5.41) is 11.5. The van der Waals surface area contributed by atoms with Gasteiger partial charge in [0.1, 0.15) is 0 Å². The molecule has 0 aliphatic heterocycles. The summed E-state index contributed by atoms with van der Waals surface area (Å²) in [6.07, 6.45) is 4.44. The zero-order valence-electron chi connectivity index (χ0n) is 21.4. The average Bonchev–Trinajstić information content (AvgIpc) is 2.93. The van der Waals surface area contributed by atoms with Gasteiger partial charge in [-0.1, -0.05) is 50.3 Å². The number of aliphatic carboxylic acids is 1. The number of alkyl halides is 3. The van der Waals surface area contributed by atoms with Gasteiger partial charge in [-0.05, 0) is 60.4 Å². The van der Waals surface area contributed by atoms with Crippen LogP contribution in [-0.2, 0) is 11.0 Å². The second kappa shape index (κ2) is 13.2. The fourth-order valence-corrected chi connectivity index (χ4v) is 6.07. The molecule has 1 amide bonds. The molecule has 1 aliphatic rings. The number of aromatic nitrogens is 1. The Bertz CT molecular complexity index is 1240. The van der Waals surface area contributed by atoms with Crippen molar-refractivity contribution in [2.75, 3.05) is 6.54 Å². The Hall–Kier alpha value is -3.33. The summed E-state index contributed by atoms with van der Waals surface area (Å²) in [6.45, 7) is 0.0730. The van der Waals surface area contributed by atoms with E-state index in [4.69, 9.17) is 5.11 Å². The zero-order valence-corrected chi connectivity index (χ0v) is 22.2. The van der Waals surface area contributed by atoms with E-state index in [-0.39, 0.29) is 24.1 Å². The van der Waals surface area contributed by atoms with Crippen molar-refractivity contribution in [1.29, 1.82) is 0 Å². The molecule has 1 saturated carbocycles. The number of pyridine rings is 1. The highest BCUT2D eigenvalue weighted by Crippen LogP contribution is 2.43. The minimum Gasteiger partial charge on any atom is -0.481 e. The summed E-state index contributed by atoms with van der Waals surface area (Å²) in [5.74, 6) is -0.660. The van der Waals surface area contributed by atoms with E-state index in [2.05, 4.69) is 10.3 Å². The van der Waals surface area contributed by atoms with Crippen LogP contribution in [0.4, 0.5) is 13.2 Å². The molecule has 9 heteroatoms. The van der Waals surface area contributed by atoms with Gasteiger partial charge in [0.2, 0.25) is 0 Å². The fourth-order valence-electron chi connectivity index (χ4n) is 4.81. The summed E-state index contributed by atoms with van der Waals surface area (Å²) in [7, 11) is 0. The highest BCUT2D eigenvalue weighted by molar-refractivity contribution is 7.99. The normalized spacial score (nSPS) is 15.1. The summed E-state index contributed by atoms with van der Waals surface area (Å²) >= 11 is 1.71. The number of halogens is 3. The lowest BCUT2D eigenvalue weighted by atomic mass is 9.85. The summed E-state index contributed by atoms with van der Waals surface area (Å²) in [5.41, 5.74) is 2.08. The van der Waals surface area contributed by atoms with Crippen LogP contribution in [-0.4, -0.2) is 28.5 Å². The summed E-state index contributed by atoms with van der Waals surface area (Å²) < 4.78 is 38.7. The maximum Gasteiger partial charge on any atom is 0.416 e. The Morgan fingerprint density at radius 3 is 2.26 bits per heavy atom. The van der Waals surface area contributed by atoms with Crippen molar-refractivity contribution >= 4 is 23.6 Å². The molecule has 206 valence electrons. The van der Waals surface area contributed by atoms with E-state index in [1.807, 2.05) is 30.5 Å². The lowest BCUT2D eigenvalue weighted by Gasteiger charge is -2.26. The van der Waals surface area contributed by atoms with Crippen LogP contribution in [0.2, 0.25) is 0 Å². The number of thioether (sulfide) groups is 1. The van der Waals surface area contributed by atoms with Gasteiger partial charge in [0.25, 0.3) is 5.91 Å². The summed E-state index contributed by atoms with van der Waals surface area (Å²) in [6, 6.07) is 16.2. The SMILES string of the molecule is O=C(O)CCNC(=O)c1ccc(SC(CC2CCCCC2)c2ccc(-c3ccc(C(F)(F)F)cc3)nc2)cc1. The smallest absolute Gasteiger partial charge is 0.416 e. The number of amides is 1. The molecule has 1 fully saturated rings. The molecule has 0 spiro atoms. The predicted molar refractivity (Wildman–Crippen MR) is 145 cm³/mol. The predicted octanol–water partition coefficient (Wildman–Crippen LogP) is 7.78. The van der Waals surface area contributed by atoms with Gasteiger partial charge in [0, 0.05) is 34.0 Å². The van der Waals surface area contributed by atoms with Crippen LogP contribution >= 0.6 is 11.8 Å². The van der Waals surface area contributed by atoms with Crippen LogP contribution in [0.5, 0.6) is 0 Å².